The molecule has 0 bridgehead atoms. The van der Waals surface area contributed by atoms with Gasteiger partial charge in [0.1, 0.15) is 0 Å². The van der Waals surface area contributed by atoms with E-state index in [0.29, 0.717) is 12.0 Å². The van der Waals surface area contributed by atoms with Crippen molar-refractivity contribution in [1.29, 1.82) is 0 Å². The van der Waals surface area contributed by atoms with Gasteiger partial charge in [0.2, 0.25) is 5.91 Å². The summed E-state index contributed by atoms with van der Waals surface area (Å²) in [4.78, 5) is 16.6. The van der Waals surface area contributed by atoms with E-state index in [1.165, 1.54) is 0 Å². The van der Waals surface area contributed by atoms with Crippen LogP contribution in [0.1, 0.15) is 32.6 Å². The second kappa shape index (κ2) is 4.58. The van der Waals surface area contributed by atoms with Crippen LogP contribution in [0, 0.1) is 5.92 Å². The first-order valence-corrected chi connectivity index (χ1v) is 6.67. The number of likely N-dealkylation sites (tertiary alicyclic amines) is 1. The number of carbonyl (C=O) groups excluding carboxylic acids is 1. The standard InChI is InChI=1S/C13H25N3O/c1-13(14,10-4-5-10)12(17)16(3)11-6-8-15(2)9-7-11/h10-11H,4-9,14H2,1-3H3. The number of amides is 1. The van der Waals surface area contributed by atoms with Crippen LogP contribution in [0.25, 0.3) is 0 Å². The number of likely N-dealkylation sites (N-methyl/N-ethyl adjacent to an activating group) is 1. The normalized spacial score (nSPS) is 26.6. The Kier molecular flexibility index (Phi) is 3.46. The third-order valence-corrected chi connectivity index (χ3v) is 4.44. The van der Waals surface area contributed by atoms with Gasteiger partial charge in [-0.15, -0.1) is 0 Å². The summed E-state index contributed by atoms with van der Waals surface area (Å²) in [6.45, 7) is 4.05. The minimum atomic E-state index is -0.641. The number of hydrogen-bond donors (Lipinski definition) is 1. The average molecular weight is 239 g/mol. The molecule has 1 aliphatic carbocycles. The molecular formula is C13H25N3O. The fourth-order valence-electron chi connectivity index (χ4n) is 2.79. The molecule has 2 rings (SSSR count). The van der Waals surface area contributed by atoms with E-state index in [0.717, 1.165) is 38.8 Å². The van der Waals surface area contributed by atoms with Crippen molar-refractivity contribution in [3.63, 3.8) is 0 Å². The van der Waals surface area contributed by atoms with Crippen LogP contribution in [0.5, 0.6) is 0 Å². The first-order valence-electron chi connectivity index (χ1n) is 6.67. The molecule has 1 atom stereocenters. The van der Waals surface area contributed by atoms with Crippen LogP contribution >= 0.6 is 0 Å². The van der Waals surface area contributed by atoms with Crippen molar-refractivity contribution in [1.82, 2.24) is 9.80 Å². The molecule has 2 aliphatic rings. The van der Waals surface area contributed by atoms with Gasteiger partial charge in [0.05, 0.1) is 5.54 Å². The van der Waals surface area contributed by atoms with E-state index in [2.05, 4.69) is 11.9 Å². The molecule has 0 radical (unpaired) electrons. The van der Waals surface area contributed by atoms with E-state index in [9.17, 15) is 4.79 Å². The zero-order valence-corrected chi connectivity index (χ0v) is 11.3. The van der Waals surface area contributed by atoms with Crippen LogP contribution in [0.3, 0.4) is 0 Å². The number of rotatable bonds is 3. The Morgan fingerprint density at radius 3 is 2.29 bits per heavy atom. The third-order valence-electron chi connectivity index (χ3n) is 4.44. The Morgan fingerprint density at radius 2 is 1.82 bits per heavy atom. The van der Waals surface area contributed by atoms with Crippen LogP contribution in [0.2, 0.25) is 0 Å². The lowest BCUT2D eigenvalue weighted by Gasteiger charge is -2.38. The highest BCUT2D eigenvalue weighted by molar-refractivity contribution is 5.86. The van der Waals surface area contributed by atoms with Gasteiger partial charge in [0.15, 0.2) is 0 Å². The molecule has 1 saturated carbocycles. The number of nitrogens with two attached hydrogens (primary N) is 1. The van der Waals surface area contributed by atoms with Gasteiger partial charge >= 0.3 is 0 Å². The summed E-state index contributed by atoms with van der Waals surface area (Å²) in [6.07, 6.45) is 4.36. The highest BCUT2D eigenvalue weighted by Crippen LogP contribution is 2.39. The summed E-state index contributed by atoms with van der Waals surface area (Å²) in [6, 6.07) is 0.375. The molecular weight excluding hydrogens is 214 g/mol. The summed E-state index contributed by atoms with van der Waals surface area (Å²) in [5.74, 6) is 0.540. The minimum Gasteiger partial charge on any atom is -0.341 e. The van der Waals surface area contributed by atoms with Gasteiger partial charge in [-0.2, -0.15) is 0 Å². The number of piperidine rings is 1. The highest BCUT2D eigenvalue weighted by Gasteiger charge is 2.46. The molecule has 2 fully saturated rings. The first kappa shape index (κ1) is 12.8. The molecule has 17 heavy (non-hydrogen) atoms. The van der Waals surface area contributed by atoms with E-state index in [1.807, 2.05) is 18.9 Å². The molecule has 1 heterocycles. The molecule has 2 N–H and O–H groups in total. The fraction of sp³-hybridized carbons (Fsp3) is 0.923. The van der Waals surface area contributed by atoms with Gasteiger partial charge < -0.3 is 15.5 Å². The van der Waals surface area contributed by atoms with Crippen molar-refractivity contribution >= 4 is 5.91 Å². The minimum absolute atomic E-state index is 0.134. The molecule has 1 amide bonds. The Labute approximate surface area is 104 Å². The van der Waals surface area contributed by atoms with E-state index >= 15 is 0 Å². The first-order chi connectivity index (χ1) is 7.93. The van der Waals surface area contributed by atoms with Crippen LogP contribution in [-0.2, 0) is 4.79 Å². The van der Waals surface area contributed by atoms with Crippen molar-refractivity contribution in [2.75, 3.05) is 27.2 Å². The molecule has 1 saturated heterocycles. The van der Waals surface area contributed by atoms with Crippen LogP contribution in [0.15, 0.2) is 0 Å². The predicted molar refractivity (Wildman–Crippen MR) is 68.6 cm³/mol. The van der Waals surface area contributed by atoms with Crippen LogP contribution in [0.4, 0.5) is 0 Å². The number of carbonyl (C=O) groups is 1. The second-order valence-electron chi connectivity index (χ2n) is 6.01. The third kappa shape index (κ3) is 2.63. The number of hydrogen-bond acceptors (Lipinski definition) is 3. The molecule has 98 valence electrons. The van der Waals surface area contributed by atoms with E-state index in [4.69, 9.17) is 5.73 Å². The Bertz CT molecular complexity index is 291. The molecule has 1 aliphatic heterocycles. The monoisotopic (exact) mass is 239 g/mol. The molecule has 0 aromatic carbocycles. The predicted octanol–water partition coefficient (Wildman–Crippen LogP) is 0.666. The van der Waals surface area contributed by atoms with Crippen molar-refractivity contribution in [2.45, 2.75) is 44.2 Å². The summed E-state index contributed by atoms with van der Waals surface area (Å²) in [5.41, 5.74) is 5.56. The maximum atomic E-state index is 12.4. The van der Waals surface area contributed by atoms with Crippen molar-refractivity contribution in [3.05, 3.63) is 0 Å². The highest BCUT2D eigenvalue weighted by atomic mass is 16.2. The summed E-state index contributed by atoms with van der Waals surface area (Å²) in [5, 5.41) is 0. The summed E-state index contributed by atoms with van der Waals surface area (Å²) < 4.78 is 0. The second-order valence-corrected chi connectivity index (χ2v) is 6.01. The Hall–Kier alpha value is -0.610. The largest absolute Gasteiger partial charge is 0.341 e. The lowest BCUT2D eigenvalue weighted by atomic mass is 9.93. The van der Waals surface area contributed by atoms with Crippen LogP contribution < -0.4 is 5.73 Å². The van der Waals surface area contributed by atoms with Crippen LogP contribution in [-0.4, -0.2) is 54.5 Å². The molecule has 1 unspecified atom stereocenters. The van der Waals surface area contributed by atoms with Gasteiger partial charge in [0.25, 0.3) is 0 Å². The average Bonchev–Trinajstić information content (AvgIpc) is 3.12. The smallest absolute Gasteiger partial charge is 0.242 e. The zero-order valence-electron chi connectivity index (χ0n) is 11.3. The quantitative estimate of drug-likeness (QED) is 0.787. The fourth-order valence-corrected chi connectivity index (χ4v) is 2.79. The molecule has 0 spiro atoms. The lowest BCUT2D eigenvalue weighted by molar-refractivity contribution is -0.138. The zero-order chi connectivity index (χ0) is 12.6. The van der Waals surface area contributed by atoms with Crippen molar-refractivity contribution in [2.24, 2.45) is 11.7 Å². The van der Waals surface area contributed by atoms with Crippen molar-refractivity contribution in [3.8, 4) is 0 Å². The van der Waals surface area contributed by atoms with Crippen molar-refractivity contribution < 1.29 is 4.79 Å². The van der Waals surface area contributed by atoms with Gasteiger partial charge in [-0.1, -0.05) is 0 Å². The Balaban J connectivity index is 1.94. The molecule has 4 nitrogen and oxygen atoms in total. The van der Waals surface area contributed by atoms with Gasteiger partial charge in [-0.05, 0) is 58.7 Å². The maximum absolute atomic E-state index is 12.4. The van der Waals surface area contributed by atoms with E-state index in [1.54, 1.807) is 0 Å². The van der Waals surface area contributed by atoms with Gasteiger partial charge in [-0.25, -0.2) is 0 Å². The number of nitrogens with zero attached hydrogens (tertiary/aromatic N) is 2. The van der Waals surface area contributed by atoms with Gasteiger partial charge in [-0.3, -0.25) is 4.79 Å². The molecule has 0 aromatic rings. The molecule has 4 heteroatoms. The van der Waals surface area contributed by atoms with E-state index in [-0.39, 0.29) is 5.91 Å². The van der Waals surface area contributed by atoms with Gasteiger partial charge in [0, 0.05) is 13.1 Å². The maximum Gasteiger partial charge on any atom is 0.242 e. The summed E-state index contributed by atoms with van der Waals surface area (Å²) in [7, 11) is 4.06. The Morgan fingerprint density at radius 1 is 1.29 bits per heavy atom. The topological polar surface area (TPSA) is 49.6 Å². The summed E-state index contributed by atoms with van der Waals surface area (Å²) >= 11 is 0. The molecule has 0 aromatic heterocycles. The lowest BCUT2D eigenvalue weighted by Crippen LogP contribution is -2.57. The SMILES string of the molecule is CN1CCC(N(C)C(=O)C(C)(N)C2CC2)CC1. The van der Waals surface area contributed by atoms with E-state index < -0.39 is 5.54 Å².